The van der Waals surface area contributed by atoms with E-state index in [1.165, 1.54) is 12.2 Å². The Morgan fingerprint density at radius 1 is 1.07 bits per heavy atom. The third-order valence-electron chi connectivity index (χ3n) is 1.27. The molecule has 0 aliphatic carbocycles. The van der Waals surface area contributed by atoms with Crippen LogP contribution in [0.2, 0.25) is 0 Å². The fourth-order valence-electron chi connectivity index (χ4n) is 0.567. The van der Waals surface area contributed by atoms with Crippen molar-refractivity contribution in [3.63, 3.8) is 0 Å². The van der Waals surface area contributed by atoms with E-state index in [2.05, 4.69) is 23.8 Å². The van der Waals surface area contributed by atoms with E-state index in [0.29, 0.717) is 6.54 Å². The van der Waals surface area contributed by atoms with Gasteiger partial charge in [-0.15, -0.1) is 0 Å². The van der Waals surface area contributed by atoms with Gasteiger partial charge in [0.25, 0.3) is 0 Å². The maximum absolute atomic E-state index is 10.3. The second-order valence-electron chi connectivity index (χ2n) is 2.59. The quantitative estimate of drug-likeness (QED) is 0.668. The molecule has 2 amide bonds. The Labute approximate surface area is 91.4 Å². The molecular formula is C11H20N2O2. The summed E-state index contributed by atoms with van der Waals surface area (Å²) in [6.07, 6.45) is 3.50. The predicted molar refractivity (Wildman–Crippen MR) is 62.4 cm³/mol. The van der Waals surface area contributed by atoms with Gasteiger partial charge in [0.05, 0.1) is 0 Å². The zero-order valence-corrected chi connectivity index (χ0v) is 9.51. The van der Waals surface area contributed by atoms with E-state index in [-0.39, 0.29) is 11.8 Å². The van der Waals surface area contributed by atoms with Gasteiger partial charge in [-0.2, -0.15) is 0 Å². The first-order valence-electron chi connectivity index (χ1n) is 4.92. The molecule has 4 nitrogen and oxygen atoms in total. The first-order chi connectivity index (χ1) is 7.12. The molecule has 0 rings (SSSR count). The van der Waals surface area contributed by atoms with Crippen molar-refractivity contribution in [2.75, 3.05) is 13.1 Å². The largest absolute Gasteiger partial charge is 0.353 e. The summed E-state index contributed by atoms with van der Waals surface area (Å²) in [5.74, 6) is -0.200. The first kappa shape index (κ1) is 15.9. The molecule has 0 radical (unpaired) electrons. The molecule has 0 aliphatic heterocycles. The topological polar surface area (TPSA) is 58.2 Å². The zero-order chi connectivity index (χ0) is 12.1. The zero-order valence-electron chi connectivity index (χ0n) is 9.51. The molecule has 4 heteroatoms. The van der Waals surface area contributed by atoms with Gasteiger partial charge in [0, 0.05) is 13.1 Å². The molecule has 0 aliphatic rings. The van der Waals surface area contributed by atoms with E-state index in [9.17, 15) is 9.59 Å². The molecule has 0 spiro atoms. The molecule has 2 N–H and O–H groups in total. The highest BCUT2D eigenvalue weighted by molar-refractivity contribution is 5.87. The van der Waals surface area contributed by atoms with Crippen molar-refractivity contribution in [3.8, 4) is 0 Å². The van der Waals surface area contributed by atoms with Crippen molar-refractivity contribution in [1.29, 1.82) is 0 Å². The van der Waals surface area contributed by atoms with Crippen LogP contribution in [-0.2, 0) is 9.59 Å². The predicted octanol–water partition coefficient (Wildman–Crippen LogP) is 1.01. The van der Waals surface area contributed by atoms with Crippen LogP contribution in [0, 0.1) is 0 Å². The average Bonchev–Trinajstić information content (AvgIpc) is 2.26. The molecule has 15 heavy (non-hydrogen) atoms. The van der Waals surface area contributed by atoms with Crippen molar-refractivity contribution < 1.29 is 9.59 Å². The van der Waals surface area contributed by atoms with Crippen LogP contribution in [0.3, 0.4) is 0 Å². The number of amides is 2. The number of hydrogen-bond donors (Lipinski definition) is 2. The minimum Gasteiger partial charge on any atom is -0.353 e. The van der Waals surface area contributed by atoms with Gasteiger partial charge < -0.3 is 10.6 Å². The van der Waals surface area contributed by atoms with Gasteiger partial charge in [-0.05, 0) is 25.5 Å². The van der Waals surface area contributed by atoms with Crippen molar-refractivity contribution in [1.82, 2.24) is 10.6 Å². The minimum atomic E-state index is -0.109. The first-order valence-corrected chi connectivity index (χ1v) is 4.92. The summed E-state index contributed by atoms with van der Waals surface area (Å²) < 4.78 is 0. The highest BCUT2D eigenvalue weighted by atomic mass is 16.2. The van der Waals surface area contributed by atoms with Crippen LogP contribution in [0.25, 0.3) is 0 Å². The van der Waals surface area contributed by atoms with Crippen LogP contribution in [-0.4, -0.2) is 24.9 Å². The van der Waals surface area contributed by atoms with Gasteiger partial charge in [0.1, 0.15) is 0 Å². The molecular weight excluding hydrogens is 192 g/mol. The van der Waals surface area contributed by atoms with Crippen molar-refractivity contribution >= 4 is 11.8 Å². The van der Waals surface area contributed by atoms with Crippen LogP contribution in [0.15, 0.2) is 25.3 Å². The molecule has 0 fully saturated rings. The lowest BCUT2D eigenvalue weighted by atomic mass is 10.4. The Morgan fingerprint density at radius 2 is 1.53 bits per heavy atom. The maximum Gasteiger partial charge on any atom is 0.243 e. The molecule has 0 saturated heterocycles. The van der Waals surface area contributed by atoms with Crippen LogP contribution < -0.4 is 10.6 Å². The number of likely N-dealkylation sites (N-methyl/N-ethyl adjacent to an activating group) is 1. The lowest BCUT2D eigenvalue weighted by Crippen LogP contribution is -2.20. The molecule has 0 aromatic heterocycles. The molecule has 0 saturated carbocycles. The fraction of sp³-hybridized carbons (Fsp3) is 0.455. The van der Waals surface area contributed by atoms with E-state index < -0.39 is 0 Å². The van der Waals surface area contributed by atoms with E-state index in [0.717, 1.165) is 13.0 Å². The highest BCUT2D eigenvalue weighted by Crippen LogP contribution is 1.70. The Morgan fingerprint density at radius 3 is 1.80 bits per heavy atom. The Bertz CT molecular complexity index is 213. The summed E-state index contributed by atoms with van der Waals surface area (Å²) in [6.45, 7) is 11.8. The summed E-state index contributed by atoms with van der Waals surface area (Å²) in [6, 6.07) is 0. The van der Waals surface area contributed by atoms with Crippen LogP contribution in [0.5, 0.6) is 0 Å². The monoisotopic (exact) mass is 212 g/mol. The Hall–Kier alpha value is -1.58. The van der Waals surface area contributed by atoms with Gasteiger partial charge in [-0.25, -0.2) is 0 Å². The standard InChI is InChI=1S/C6H11NO.C5H9NO/c1-3-5-7-6(8)4-2;1-3-5(7)6-4-2/h4H,2-3,5H2,1H3,(H,7,8);3H,1,4H2,2H3,(H,6,7). The minimum absolute atomic E-state index is 0.0909. The SMILES string of the molecule is C=CC(=O)NCC.C=CC(=O)NCCC. The van der Waals surface area contributed by atoms with E-state index in [1.807, 2.05) is 13.8 Å². The smallest absolute Gasteiger partial charge is 0.243 e. The molecule has 0 unspecified atom stereocenters. The van der Waals surface area contributed by atoms with Gasteiger partial charge in [0.2, 0.25) is 11.8 Å². The summed E-state index contributed by atoms with van der Waals surface area (Å²) in [5.41, 5.74) is 0. The van der Waals surface area contributed by atoms with Gasteiger partial charge in [0.15, 0.2) is 0 Å². The van der Waals surface area contributed by atoms with Crippen molar-refractivity contribution in [2.24, 2.45) is 0 Å². The summed E-state index contributed by atoms with van der Waals surface area (Å²) >= 11 is 0. The number of rotatable bonds is 5. The lowest BCUT2D eigenvalue weighted by molar-refractivity contribution is -0.117. The number of carbonyl (C=O) groups is 2. The fourth-order valence-corrected chi connectivity index (χ4v) is 0.567. The van der Waals surface area contributed by atoms with Crippen LogP contribution in [0.4, 0.5) is 0 Å². The number of hydrogen-bond acceptors (Lipinski definition) is 2. The molecule has 0 bridgehead atoms. The highest BCUT2D eigenvalue weighted by Gasteiger charge is 1.86. The second kappa shape index (κ2) is 12.4. The second-order valence-corrected chi connectivity index (χ2v) is 2.59. The van der Waals surface area contributed by atoms with Gasteiger partial charge in [-0.1, -0.05) is 20.1 Å². The lowest BCUT2D eigenvalue weighted by Gasteiger charge is -1.94. The molecule has 0 aromatic rings. The Kier molecular flexibility index (Phi) is 13.1. The maximum atomic E-state index is 10.3. The molecule has 0 atom stereocenters. The van der Waals surface area contributed by atoms with Crippen LogP contribution >= 0.6 is 0 Å². The number of nitrogens with one attached hydrogen (secondary N) is 2. The summed E-state index contributed by atoms with van der Waals surface area (Å²) in [4.78, 5) is 20.5. The molecule has 86 valence electrons. The summed E-state index contributed by atoms with van der Waals surface area (Å²) in [7, 11) is 0. The molecule has 0 heterocycles. The van der Waals surface area contributed by atoms with Crippen LogP contribution in [0.1, 0.15) is 20.3 Å². The number of carbonyl (C=O) groups excluding carboxylic acids is 2. The van der Waals surface area contributed by atoms with Gasteiger partial charge in [-0.3, -0.25) is 9.59 Å². The van der Waals surface area contributed by atoms with Crippen molar-refractivity contribution in [3.05, 3.63) is 25.3 Å². The average molecular weight is 212 g/mol. The molecule has 0 aromatic carbocycles. The van der Waals surface area contributed by atoms with Gasteiger partial charge >= 0.3 is 0 Å². The third kappa shape index (κ3) is 15.2. The van der Waals surface area contributed by atoms with E-state index in [1.54, 1.807) is 0 Å². The van der Waals surface area contributed by atoms with E-state index >= 15 is 0 Å². The Balaban J connectivity index is 0. The normalized spacial score (nSPS) is 7.87. The van der Waals surface area contributed by atoms with Crippen molar-refractivity contribution in [2.45, 2.75) is 20.3 Å². The summed E-state index contributed by atoms with van der Waals surface area (Å²) in [5, 5.41) is 5.16. The third-order valence-corrected chi connectivity index (χ3v) is 1.27. The van der Waals surface area contributed by atoms with E-state index in [4.69, 9.17) is 0 Å².